The molecule has 2 aliphatic rings. The number of rotatable bonds is 6. The van der Waals surface area contributed by atoms with Crippen molar-refractivity contribution in [2.45, 2.75) is 39.2 Å². The first-order chi connectivity index (χ1) is 11.7. The van der Waals surface area contributed by atoms with Gasteiger partial charge in [0, 0.05) is 45.3 Å². The van der Waals surface area contributed by atoms with Crippen molar-refractivity contribution in [3.05, 3.63) is 0 Å². The van der Waals surface area contributed by atoms with Gasteiger partial charge in [0.05, 0.1) is 13.2 Å². The van der Waals surface area contributed by atoms with E-state index in [1.54, 1.807) is 0 Å². The van der Waals surface area contributed by atoms with Crippen LogP contribution in [-0.2, 0) is 9.53 Å². The van der Waals surface area contributed by atoms with Gasteiger partial charge in [-0.1, -0.05) is 0 Å². The van der Waals surface area contributed by atoms with Gasteiger partial charge in [-0.05, 0) is 33.1 Å². The van der Waals surface area contributed by atoms with Crippen molar-refractivity contribution < 1.29 is 9.53 Å². The number of guanidine groups is 1. The zero-order valence-corrected chi connectivity index (χ0v) is 18.0. The van der Waals surface area contributed by atoms with Crippen LogP contribution in [0.25, 0.3) is 0 Å². The topological polar surface area (TPSA) is 69.2 Å². The number of piperidine rings is 1. The van der Waals surface area contributed by atoms with Crippen LogP contribution in [0.3, 0.4) is 0 Å². The van der Waals surface area contributed by atoms with Gasteiger partial charge in [-0.25, -0.2) is 4.99 Å². The first kappa shape index (κ1) is 22.4. The Balaban J connectivity index is 0.00000312. The van der Waals surface area contributed by atoms with Crippen LogP contribution in [0.2, 0.25) is 0 Å². The maximum atomic E-state index is 12.2. The number of halogens is 1. The second-order valence-corrected chi connectivity index (χ2v) is 6.51. The van der Waals surface area contributed by atoms with E-state index >= 15 is 0 Å². The highest BCUT2D eigenvalue weighted by Gasteiger charge is 2.18. The molecule has 0 spiro atoms. The third kappa shape index (κ3) is 8.08. The predicted octanol–water partition coefficient (Wildman–Crippen LogP) is 0.893. The van der Waals surface area contributed by atoms with Gasteiger partial charge in [0.25, 0.3) is 0 Å². The number of carbonyl (C=O) groups excluding carboxylic acids is 1. The molecule has 7 nitrogen and oxygen atoms in total. The molecule has 0 bridgehead atoms. The maximum absolute atomic E-state index is 12.2. The molecule has 1 amide bonds. The smallest absolute Gasteiger partial charge is 0.244 e. The lowest BCUT2D eigenvalue weighted by Crippen LogP contribution is -2.49. The molecule has 2 fully saturated rings. The average Bonchev–Trinajstić information content (AvgIpc) is 2.65. The molecule has 25 heavy (non-hydrogen) atoms. The number of nitrogens with one attached hydrogen (secondary N) is 2. The van der Waals surface area contributed by atoms with Crippen LogP contribution in [0.5, 0.6) is 0 Å². The summed E-state index contributed by atoms with van der Waals surface area (Å²) in [5.41, 5.74) is 0. The van der Waals surface area contributed by atoms with E-state index in [9.17, 15) is 4.79 Å². The Hall–Kier alpha value is -0.610. The van der Waals surface area contributed by atoms with Gasteiger partial charge in [-0.3, -0.25) is 9.69 Å². The second kappa shape index (κ2) is 12.7. The number of nitrogens with zero attached hydrogens (tertiary/aromatic N) is 3. The minimum atomic E-state index is 0. The van der Waals surface area contributed by atoms with E-state index in [1.165, 1.54) is 6.42 Å². The monoisotopic (exact) mass is 467 g/mol. The molecule has 2 rings (SSSR count). The van der Waals surface area contributed by atoms with E-state index < -0.39 is 0 Å². The van der Waals surface area contributed by atoms with Crippen LogP contribution < -0.4 is 10.6 Å². The van der Waals surface area contributed by atoms with Crippen LogP contribution in [0.1, 0.15) is 33.1 Å². The van der Waals surface area contributed by atoms with Crippen molar-refractivity contribution in [3.63, 3.8) is 0 Å². The molecule has 1 unspecified atom stereocenters. The Morgan fingerprint density at radius 1 is 1.12 bits per heavy atom. The Morgan fingerprint density at radius 3 is 2.44 bits per heavy atom. The van der Waals surface area contributed by atoms with Crippen molar-refractivity contribution in [2.24, 2.45) is 4.99 Å². The van der Waals surface area contributed by atoms with Crippen molar-refractivity contribution in [2.75, 3.05) is 59.0 Å². The van der Waals surface area contributed by atoms with Crippen molar-refractivity contribution >= 4 is 35.8 Å². The highest BCUT2D eigenvalue weighted by atomic mass is 127. The van der Waals surface area contributed by atoms with Gasteiger partial charge < -0.3 is 20.3 Å². The molecular weight excluding hydrogens is 433 g/mol. The summed E-state index contributed by atoms with van der Waals surface area (Å²) in [5.74, 6) is 0.857. The highest BCUT2D eigenvalue weighted by Crippen LogP contribution is 2.08. The molecule has 2 aliphatic heterocycles. The zero-order chi connectivity index (χ0) is 17.2. The predicted molar refractivity (Wildman–Crippen MR) is 112 cm³/mol. The molecular formula is C17H34IN5O2. The number of morpholine rings is 1. The summed E-state index contributed by atoms with van der Waals surface area (Å²) in [7, 11) is 0. The fourth-order valence-corrected chi connectivity index (χ4v) is 3.12. The average molecular weight is 467 g/mol. The van der Waals surface area contributed by atoms with Gasteiger partial charge in [-0.2, -0.15) is 0 Å². The number of aliphatic imine (C=N–C) groups is 1. The number of hydrogen-bond acceptors (Lipinski definition) is 4. The number of hydrogen-bond donors (Lipinski definition) is 2. The second-order valence-electron chi connectivity index (χ2n) is 6.51. The quantitative estimate of drug-likeness (QED) is 0.345. The SMILES string of the molecule is CCNC(=NCC(=O)N1CCCCC1)NCC(C)N1CCOCC1.I. The summed E-state index contributed by atoms with van der Waals surface area (Å²) in [5, 5.41) is 6.59. The molecule has 0 aromatic rings. The summed E-state index contributed by atoms with van der Waals surface area (Å²) in [6, 6.07) is 0.413. The van der Waals surface area contributed by atoms with Crippen LogP contribution in [0, 0.1) is 0 Å². The first-order valence-corrected chi connectivity index (χ1v) is 9.32. The molecule has 0 aliphatic carbocycles. The molecule has 1 atom stereocenters. The number of carbonyl (C=O) groups is 1. The van der Waals surface area contributed by atoms with Gasteiger partial charge in [-0.15, -0.1) is 24.0 Å². The standard InChI is InChI=1S/C17H33N5O2.HI/c1-3-18-17(19-13-15(2)21-9-11-24-12-10-21)20-14-16(23)22-7-5-4-6-8-22;/h15H,3-14H2,1-2H3,(H2,18,19,20);1H. The molecule has 0 saturated carbocycles. The highest BCUT2D eigenvalue weighted by molar-refractivity contribution is 14.0. The van der Waals surface area contributed by atoms with Crippen molar-refractivity contribution in [1.82, 2.24) is 20.4 Å². The van der Waals surface area contributed by atoms with Gasteiger partial charge in [0.2, 0.25) is 5.91 Å². The summed E-state index contributed by atoms with van der Waals surface area (Å²) in [6.45, 7) is 11.4. The van der Waals surface area contributed by atoms with Crippen LogP contribution in [0.15, 0.2) is 4.99 Å². The summed E-state index contributed by atoms with van der Waals surface area (Å²) in [4.78, 5) is 21.1. The molecule has 2 saturated heterocycles. The number of likely N-dealkylation sites (tertiary alicyclic amines) is 1. The van der Waals surface area contributed by atoms with Crippen LogP contribution in [0.4, 0.5) is 0 Å². The van der Waals surface area contributed by atoms with E-state index in [0.29, 0.717) is 6.04 Å². The van der Waals surface area contributed by atoms with Gasteiger partial charge >= 0.3 is 0 Å². The molecule has 0 aromatic carbocycles. The number of amides is 1. The molecule has 8 heteroatoms. The molecule has 0 radical (unpaired) electrons. The van der Waals surface area contributed by atoms with Gasteiger partial charge in [0.1, 0.15) is 6.54 Å². The Kier molecular flexibility index (Phi) is 11.4. The van der Waals surface area contributed by atoms with E-state index in [1.807, 2.05) is 11.8 Å². The lowest BCUT2D eigenvalue weighted by Gasteiger charge is -2.32. The zero-order valence-electron chi connectivity index (χ0n) is 15.6. The third-order valence-electron chi connectivity index (χ3n) is 4.66. The summed E-state index contributed by atoms with van der Waals surface area (Å²) < 4.78 is 5.40. The molecule has 2 N–H and O–H groups in total. The van der Waals surface area contributed by atoms with E-state index in [2.05, 4.69) is 27.4 Å². The molecule has 2 heterocycles. The van der Waals surface area contributed by atoms with Gasteiger partial charge in [0.15, 0.2) is 5.96 Å². The lowest BCUT2D eigenvalue weighted by molar-refractivity contribution is -0.130. The Bertz CT molecular complexity index is 410. The lowest BCUT2D eigenvalue weighted by atomic mass is 10.1. The number of ether oxygens (including phenoxy) is 1. The molecule has 146 valence electrons. The minimum Gasteiger partial charge on any atom is -0.379 e. The maximum Gasteiger partial charge on any atom is 0.244 e. The van der Waals surface area contributed by atoms with Crippen LogP contribution in [-0.4, -0.2) is 86.7 Å². The fraction of sp³-hybridized carbons (Fsp3) is 0.882. The Labute approximate surface area is 169 Å². The molecule has 0 aromatic heterocycles. The normalized spacial score (nSPS) is 20.6. The van der Waals surface area contributed by atoms with E-state index in [4.69, 9.17) is 4.74 Å². The first-order valence-electron chi connectivity index (χ1n) is 9.32. The van der Waals surface area contributed by atoms with E-state index in [0.717, 1.165) is 71.3 Å². The Morgan fingerprint density at radius 2 is 1.80 bits per heavy atom. The van der Waals surface area contributed by atoms with Crippen molar-refractivity contribution in [1.29, 1.82) is 0 Å². The fourth-order valence-electron chi connectivity index (χ4n) is 3.12. The van der Waals surface area contributed by atoms with Crippen molar-refractivity contribution in [3.8, 4) is 0 Å². The summed E-state index contributed by atoms with van der Waals surface area (Å²) in [6.07, 6.45) is 3.46. The van der Waals surface area contributed by atoms with E-state index in [-0.39, 0.29) is 36.4 Å². The third-order valence-corrected chi connectivity index (χ3v) is 4.66. The largest absolute Gasteiger partial charge is 0.379 e. The van der Waals surface area contributed by atoms with Crippen LogP contribution >= 0.6 is 24.0 Å². The summed E-state index contributed by atoms with van der Waals surface area (Å²) >= 11 is 0. The minimum absolute atomic E-state index is 0.